The van der Waals surface area contributed by atoms with E-state index in [0.717, 1.165) is 5.56 Å². The standard InChI is InChI=1S/C25H23ClN4O5/c1-32-18-9-10-19(21(13-18)33-2)23-27-25(30-29-23)28-24(31)16-6-11-20(22(12-16)34-3)35-14-15-4-7-17(26)8-5-15/h4-13H,14H2,1-3H3,(H2,27,28,29,30,31). The minimum atomic E-state index is -0.403. The molecule has 0 radical (unpaired) electrons. The van der Waals surface area contributed by atoms with Gasteiger partial charge in [0.1, 0.15) is 18.1 Å². The Balaban J connectivity index is 1.45. The first-order valence-electron chi connectivity index (χ1n) is 10.5. The molecular formula is C25H23ClN4O5. The summed E-state index contributed by atoms with van der Waals surface area (Å²) in [5.41, 5.74) is 1.98. The van der Waals surface area contributed by atoms with Crippen LogP contribution in [0.4, 0.5) is 5.95 Å². The van der Waals surface area contributed by atoms with Crippen molar-refractivity contribution < 1.29 is 23.7 Å². The molecule has 3 aromatic carbocycles. The smallest absolute Gasteiger partial charge is 0.258 e. The number of hydrogen-bond acceptors (Lipinski definition) is 7. The van der Waals surface area contributed by atoms with E-state index in [1.165, 1.54) is 7.11 Å². The molecule has 0 aliphatic rings. The number of nitrogens with zero attached hydrogens (tertiary/aromatic N) is 2. The van der Waals surface area contributed by atoms with Gasteiger partial charge in [0, 0.05) is 16.7 Å². The van der Waals surface area contributed by atoms with Crippen LogP contribution in [0.25, 0.3) is 11.4 Å². The van der Waals surface area contributed by atoms with Gasteiger partial charge in [-0.05, 0) is 48.0 Å². The Kier molecular flexibility index (Phi) is 7.37. The molecule has 1 heterocycles. The summed E-state index contributed by atoms with van der Waals surface area (Å²) in [6, 6.07) is 17.6. The summed E-state index contributed by atoms with van der Waals surface area (Å²) in [6.07, 6.45) is 0. The number of aromatic amines is 1. The SMILES string of the molecule is COc1ccc(-c2nc(NC(=O)c3ccc(OCc4ccc(Cl)cc4)c(OC)c3)n[nH]2)c(OC)c1. The number of nitrogens with one attached hydrogen (secondary N) is 2. The zero-order chi connectivity index (χ0) is 24.8. The summed E-state index contributed by atoms with van der Waals surface area (Å²) in [7, 11) is 4.63. The van der Waals surface area contributed by atoms with Crippen LogP contribution in [0.15, 0.2) is 60.7 Å². The van der Waals surface area contributed by atoms with Crippen molar-refractivity contribution in [3.63, 3.8) is 0 Å². The molecule has 0 saturated carbocycles. The zero-order valence-electron chi connectivity index (χ0n) is 19.3. The van der Waals surface area contributed by atoms with Gasteiger partial charge in [0.25, 0.3) is 5.91 Å². The molecule has 35 heavy (non-hydrogen) atoms. The average Bonchev–Trinajstić information content (AvgIpc) is 3.35. The maximum atomic E-state index is 12.8. The van der Waals surface area contributed by atoms with Crippen LogP contribution in [0.3, 0.4) is 0 Å². The van der Waals surface area contributed by atoms with Crippen molar-refractivity contribution in [2.24, 2.45) is 0 Å². The minimum absolute atomic E-state index is 0.116. The number of amides is 1. The lowest BCUT2D eigenvalue weighted by molar-refractivity contribution is 0.102. The van der Waals surface area contributed by atoms with E-state index >= 15 is 0 Å². The van der Waals surface area contributed by atoms with E-state index in [1.54, 1.807) is 62.8 Å². The Morgan fingerprint density at radius 1 is 0.914 bits per heavy atom. The molecule has 0 atom stereocenters. The van der Waals surface area contributed by atoms with E-state index < -0.39 is 5.91 Å². The second-order valence-electron chi connectivity index (χ2n) is 7.31. The van der Waals surface area contributed by atoms with E-state index in [9.17, 15) is 4.79 Å². The molecule has 0 aliphatic heterocycles. The molecule has 1 aromatic heterocycles. The lowest BCUT2D eigenvalue weighted by Crippen LogP contribution is -2.13. The van der Waals surface area contributed by atoms with Gasteiger partial charge in [-0.1, -0.05) is 23.7 Å². The molecule has 180 valence electrons. The molecule has 0 saturated heterocycles. The highest BCUT2D eigenvalue weighted by atomic mass is 35.5. The molecule has 1 amide bonds. The lowest BCUT2D eigenvalue weighted by Gasteiger charge is -2.12. The summed E-state index contributed by atoms with van der Waals surface area (Å²) < 4.78 is 21.9. The zero-order valence-corrected chi connectivity index (χ0v) is 20.1. The van der Waals surface area contributed by atoms with Crippen molar-refractivity contribution in [2.45, 2.75) is 6.61 Å². The lowest BCUT2D eigenvalue weighted by atomic mass is 10.2. The van der Waals surface area contributed by atoms with Gasteiger partial charge in [0.05, 0.1) is 26.9 Å². The van der Waals surface area contributed by atoms with E-state index in [2.05, 4.69) is 20.5 Å². The van der Waals surface area contributed by atoms with Crippen molar-refractivity contribution in [3.8, 4) is 34.4 Å². The van der Waals surface area contributed by atoms with Crippen LogP contribution in [-0.4, -0.2) is 42.4 Å². The van der Waals surface area contributed by atoms with Crippen LogP contribution >= 0.6 is 11.6 Å². The maximum Gasteiger partial charge on any atom is 0.258 e. The molecule has 0 bridgehead atoms. The number of anilines is 1. The van der Waals surface area contributed by atoms with Gasteiger partial charge in [0.2, 0.25) is 5.95 Å². The van der Waals surface area contributed by atoms with Crippen LogP contribution in [0, 0.1) is 0 Å². The number of aromatic nitrogens is 3. The Hall–Kier alpha value is -4.24. The van der Waals surface area contributed by atoms with Crippen LogP contribution in [0.5, 0.6) is 23.0 Å². The monoisotopic (exact) mass is 494 g/mol. The van der Waals surface area contributed by atoms with E-state index in [0.29, 0.717) is 51.6 Å². The van der Waals surface area contributed by atoms with Gasteiger partial charge < -0.3 is 18.9 Å². The van der Waals surface area contributed by atoms with Crippen molar-refractivity contribution in [3.05, 3.63) is 76.8 Å². The van der Waals surface area contributed by atoms with E-state index in [4.69, 9.17) is 30.5 Å². The summed E-state index contributed by atoms with van der Waals surface area (Å²) in [4.78, 5) is 17.2. The molecule has 2 N–H and O–H groups in total. The molecule has 0 unspecified atom stereocenters. The first-order chi connectivity index (χ1) is 17.0. The van der Waals surface area contributed by atoms with Gasteiger partial charge in [0.15, 0.2) is 17.3 Å². The fourth-order valence-corrected chi connectivity index (χ4v) is 3.40. The van der Waals surface area contributed by atoms with Gasteiger partial charge in [-0.3, -0.25) is 15.2 Å². The number of carbonyl (C=O) groups is 1. The number of halogens is 1. The van der Waals surface area contributed by atoms with Gasteiger partial charge in [-0.15, -0.1) is 5.10 Å². The van der Waals surface area contributed by atoms with Crippen LogP contribution < -0.4 is 24.3 Å². The highest BCUT2D eigenvalue weighted by molar-refractivity contribution is 6.30. The normalized spacial score (nSPS) is 10.5. The Morgan fingerprint density at radius 3 is 2.40 bits per heavy atom. The molecule has 0 fully saturated rings. The number of ether oxygens (including phenoxy) is 4. The van der Waals surface area contributed by atoms with E-state index in [1.807, 2.05) is 12.1 Å². The highest BCUT2D eigenvalue weighted by Gasteiger charge is 2.16. The summed E-state index contributed by atoms with van der Waals surface area (Å²) in [6.45, 7) is 0.327. The Labute approximate surface area is 207 Å². The largest absolute Gasteiger partial charge is 0.497 e. The molecule has 9 nitrogen and oxygen atoms in total. The van der Waals surface area contributed by atoms with Gasteiger partial charge in [-0.25, -0.2) is 0 Å². The van der Waals surface area contributed by atoms with Crippen molar-refractivity contribution in [2.75, 3.05) is 26.6 Å². The minimum Gasteiger partial charge on any atom is -0.497 e. The molecule has 0 aliphatic carbocycles. The topological polar surface area (TPSA) is 108 Å². The van der Waals surface area contributed by atoms with Crippen LogP contribution in [0.2, 0.25) is 5.02 Å². The summed E-state index contributed by atoms with van der Waals surface area (Å²) in [5, 5.41) is 10.2. The molecular weight excluding hydrogens is 472 g/mol. The number of carbonyl (C=O) groups excluding carboxylic acids is 1. The van der Waals surface area contributed by atoms with Crippen LogP contribution in [0.1, 0.15) is 15.9 Å². The van der Waals surface area contributed by atoms with Crippen molar-refractivity contribution in [1.82, 2.24) is 15.2 Å². The Morgan fingerprint density at radius 2 is 1.69 bits per heavy atom. The third-order valence-electron chi connectivity index (χ3n) is 5.11. The number of rotatable bonds is 9. The predicted molar refractivity (Wildman–Crippen MR) is 132 cm³/mol. The average molecular weight is 495 g/mol. The highest BCUT2D eigenvalue weighted by Crippen LogP contribution is 2.32. The van der Waals surface area contributed by atoms with Gasteiger partial charge in [-0.2, -0.15) is 4.98 Å². The second-order valence-corrected chi connectivity index (χ2v) is 7.75. The van der Waals surface area contributed by atoms with Crippen LogP contribution in [-0.2, 0) is 6.61 Å². The maximum absolute atomic E-state index is 12.8. The predicted octanol–water partition coefficient (Wildman–Crippen LogP) is 4.98. The Bertz CT molecular complexity index is 1320. The quantitative estimate of drug-likeness (QED) is 0.338. The van der Waals surface area contributed by atoms with Crippen molar-refractivity contribution in [1.29, 1.82) is 0 Å². The van der Waals surface area contributed by atoms with E-state index in [-0.39, 0.29) is 5.95 Å². The third kappa shape index (κ3) is 5.64. The first-order valence-corrected chi connectivity index (χ1v) is 10.9. The fourth-order valence-electron chi connectivity index (χ4n) is 3.28. The molecule has 4 aromatic rings. The third-order valence-corrected chi connectivity index (χ3v) is 5.36. The summed E-state index contributed by atoms with van der Waals surface area (Å²) in [5.74, 6) is 2.27. The van der Waals surface area contributed by atoms with Gasteiger partial charge >= 0.3 is 0 Å². The molecule has 10 heteroatoms. The number of H-pyrrole nitrogens is 1. The molecule has 4 rings (SSSR count). The fraction of sp³-hybridized carbons (Fsp3) is 0.160. The summed E-state index contributed by atoms with van der Waals surface area (Å²) >= 11 is 5.92. The molecule has 0 spiro atoms. The first kappa shape index (κ1) is 23.9. The number of benzene rings is 3. The number of methoxy groups -OCH3 is 3. The second kappa shape index (κ2) is 10.8. The van der Waals surface area contributed by atoms with Crippen molar-refractivity contribution >= 4 is 23.5 Å². The number of hydrogen-bond donors (Lipinski definition) is 2.